The quantitative estimate of drug-likeness (QED) is 0.598. The third-order valence-corrected chi connectivity index (χ3v) is 3.42. The first kappa shape index (κ1) is 15.7. The molecule has 0 aliphatic heterocycles. The second kappa shape index (κ2) is 5.86. The van der Waals surface area contributed by atoms with E-state index in [4.69, 9.17) is 4.74 Å². The normalized spacial score (nSPS) is 16.9. The van der Waals surface area contributed by atoms with Gasteiger partial charge in [0.05, 0.1) is 12.2 Å². The number of ether oxygens (including phenoxy) is 1. The molecule has 1 nitrogen and oxygen atoms in total. The van der Waals surface area contributed by atoms with Crippen LogP contribution < -0.4 is 0 Å². The van der Waals surface area contributed by atoms with Gasteiger partial charge in [0.2, 0.25) is 0 Å². The molecule has 0 N–H and O–H groups in total. The lowest BCUT2D eigenvalue weighted by Gasteiger charge is -2.33. The van der Waals surface area contributed by atoms with Gasteiger partial charge in [-0.1, -0.05) is 40.7 Å². The van der Waals surface area contributed by atoms with Gasteiger partial charge >= 0.3 is 0 Å². The van der Waals surface area contributed by atoms with Crippen molar-refractivity contribution in [1.82, 2.24) is 0 Å². The van der Waals surface area contributed by atoms with E-state index in [0.717, 1.165) is 13.0 Å². The second-order valence-electron chi connectivity index (χ2n) is 6.75. The van der Waals surface area contributed by atoms with Crippen molar-refractivity contribution >= 4 is 0 Å². The zero-order valence-electron chi connectivity index (χ0n) is 12.3. The standard InChI is InChI=1S/C15H30O/c1-9-12(2)10-15(7,8)16-11-13(3)14(4,5)6/h9,12-13H,1,10-11H2,2-8H3. The zero-order chi connectivity index (χ0) is 13.0. The largest absolute Gasteiger partial charge is 0.375 e. The summed E-state index contributed by atoms with van der Waals surface area (Å²) in [6.07, 6.45) is 3.03. The Morgan fingerprint density at radius 2 is 1.62 bits per heavy atom. The van der Waals surface area contributed by atoms with Gasteiger partial charge in [-0.2, -0.15) is 0 Å². The third-order valence-electron chi connectivity index (χ3n) is 3.42. The van der Waals surface area contributed by atoms with Gasteiger partial charge in [-0.15, -0.1) is 6.58 Å². The van der Waals surface area contributed by atoms with Gasteiger partial charge in [0.25, 0.3) is 0 Å². The van der Waals surface area contributed by atoms with E-state index in [-0.39, 0.29) is 5.60 Å². The molecule has 0 spiro atoms. The van der Waals surface area contributed by atoms with Crippen molar-refractivity contribution in [1.29, 1.82) is 0 Å². The van der Waals surface area contributed by atoms with Crippen LogP contribution in [0.15, 0.2) is 12.7 Å². The molecular weight excluding hydrogens is 196 g/mol. The highest BCUT2D eigenvalue weighted by Crippen LogP contribution is 2.28. The van der Waals surface area contributed by atoms with Crippen LogP contribution in [0.25, 0.3) is 0 Å². The van der Waals surface area contributed by atoms with Crippen LogP contribution in [0.5, 0.6) is 0 Å². The van der Waals surface area contributed by atoms with Crippen LogP contribution in [0.4, 0.5) is 0 Å². The average molecular weight is 226 g/mol. The summed E-state index contributed by atoms with van der Waals surface area (Å²) in [5.74, 6) is 1.09. The van der Waals surface area contributed by atoms with Crippen LogP contribution in [-0.2, 0) is 4.74 Å². The summed E-state index contributed by atoms with van der Waals surface area (Å²) < 4.78 is 6.04. The van der Waals surface area contributed by atoms with Crippen LogP contribution >= 0.6 is 0 Å². The molecule has 1 heteroatoms. The highest BCUT2D eigenvalue weighted by Gasteiger charge is 2.25. The topological polar surface area (TPSA) is 9.23 Å². The SMILES string of the molecule is C=CC(C)CC(C)(C)OCC(C)C(C)(C)C. The lowest BCUT2D eigenvalue weighted by Crippen LogP contribution is -2.32. The lowest BCUT2D eigenvalue weighted by atomic mass is 9.82. The van der Waals surface area contributed by atoms with E-state index in [1.54, 1.807) is 0 Å². The first-order chi connectivity index (χ1) is 7.08. The highest BCUT2D eigenvalue weighted by atomic mass is 16.5. The van der Waals surface area contributed by atoms with Crippen LogP contribution in [0.2, 0.25) is 0 Å². The van der Waals surface area contributed by atoms with Crippen molar-refractivity contribution in [3.63, 3.8) is 0 Å². The van der Waals surface area contributed by atoms with Crippen LogP contribution in [0.3, 0.4) is 0 Å². The van der Waals surface area contributed by atoms with Gasteiger partial charge in [0.1, 0.15) is 0 Å². The fourth-order valence-electron chi connectivity index (χ4n) is 1.52. The van der Waals surface area contributed by atoms with Crippen molar-refractivity contribution in [2.24, 2.45) is 17.3 Å². The van der Waals surface area contributed by atoms with Gasteiger partial charge < -0.3 is 4.74 Å². The van der Waals surface area contributed by atoms with E-state index in [9.17, 15) is 0 Å². The van der Waals surface area contributed by atoms with Crippen LogP contribution in [-0.4, -0.2) is 12.2 Å². The van der Waals surface area contributed by atoms with Gasteiger partial charge in [-0.3, -0.25) is 0 Å². The molecule has 2 atom stereocenters. The Morgan fingerprint density at radius 3 is 2.00 bits per heavy atom. The maximum atomic E-state index is 6.04. The first-order valence-electron chi connectivity index (χ1n) is 6.35. The van der Waals surface area contributed by atoms with Crippen molar-refractivity contribution < 1.29 is 4.74 Å². The van der Waals surface area contributed by atoms with Crippen molar-refractivity contribution in [3.05, 3.63) is 12.7 Å². The molecule has 0 saturated carbocycles. The maximum absolute atomic E-state index is 6.04. The molecule has 0 aromatic carbocycles. The Bertz CT molecular complexity index is 210. The fraction of sp³-hybridized carbons (Fsp3) is 0.867. The molecule has 0 fully saturated rings. The molecule has 0 bridgehead atoms. The molecule has 2 unspecified atom stereocenters. The summed E-state index contributed by atoms with van der Waals surface area (Å²) in [5, 5.41) is 0. The summed E-state index contributed by atoms with van der Waals surface area (Å²) in [6.45, 7) is 20.2. The molecule has 0 aromatic rings. The Hall–Kier alpha value is -0.300. The van der Waals surface area contributed by atoms with E-state index in [1.165, 1.54) is 0 Å². The number of allylic oxidation sites excluding steroid dienone is 1. The molecule has 0 radical (unpaired) electrons. The first-order valence-corrected chi connectivity index (χ1v) is 6.35. The minimum absolute atomic E-state index is 0.0485. The average Bonchev–Trinajstić information content (AvgIpc) is 2.11. The summed E-state index contributed by atoms with van der Waals surface area (Å²) in [5.41, 5.74) is 0.271. The summed E-state index contributed by atoms with van der Waals surface area (Å²) in [4.78, 5) is 0. The summed E-state index contributed by atoms with van der Waals surface area (Å²) in [6, 6.07) is 0. The predicted molar refractivity (Wildman–Crippen MR) is 72.6 cm³/mol. The minimum Gasteiger partial charge on any atom is -0.375 e. The molecule has 0 aliphatic carbocycles. The summed E-state index contributed by atoms with van der Waals surface area (Å²) in [7, 11) is 0. The fourth-order valence-corrected chi connectivity index (χ4v) is 1.52. The van der Waals surface area contributed by atoms with Crippen LogP contribution in [0, 0.1) is 17.3 Å². The molecule has 0 rings (SSSR count). The molecule has 0 aliphatic rings. The number of hydrogen-bond acceptors (Lipinski definition) is 1. The monoisotopic (exact) mass is 226 g/mol. The Morgan fingerprint density at radius 1 is 1.12 bits per heavy atom. The van der Waals surface area contributed by atoms with Crippen molar-refractivity contribution in [2.75, 3.05) is 6.61 Å². The molecule has 96 valence electrons. The molecule has 0 saturated heterocycles. The van der Waals surface area contributed by atoms with E-state index >= 15 is 0 Å². The lowest BCUT2D eigenvalue weighted by molar-refractivity contribution is -0.0581. The second-order valence-corrected chi connectivity index (χ2v) is 6.75. The smallest absolute Gasteiger partial charge is 0.0632 e. The van der Waals surface area contributed by atoms with Gasteiger partial charge in [-0.05, 0) is 37.5 Å². The molecule has 16 heavy (non-hydrogen) atoms. The van der Waals surface area contributed by atoms with E-state index in [1.807, 2.05) is 6.08 Å². The van der Waals surface area contributed by atoms with E-state index < -0.39 is 0 Å². The molecular formula is C15H30O. The van der Waals surface area contributed by atoms with Crippen LogP contribution in [0.1, 0.15) is 54.9 Å². The van der Waals surface area contributed by atoms with E-state index in [0.29, 0.717) is 17.3 Å². The van der Waals surface area contributed by atoms with Gasteiger partial charge in [0.15, 0.2) is 0 Å². The predicted octanol–water partition coefficient (Wildman–Crippen LogP) is 4.68. The molecule has 0 aromatic heterocycles. The van der Waals surface area contributed by atoms with Gasteiger partial charge in [0, 0.05) is 0 Å². The number of rotatable bonds is 6. The highest BCUT2D eigenvalue weighted by molar-refractivity contribution is 4.82. The van der Waals surface area contributed by atoms with Crippen molar-refractivity contribution in [2.45, 2.75) is 60.5 Å². The molecule has 0 amide bonds. The van der Waals surface area contributed by atoms with Gasteiger partial charge in [-0.25, -0.2) is 0 Å². The molecule has 0 heterocycles. The Kier molecular flexibility index (Phi) is 5.75. The Labute approximate surface area is 102 Å². The van der Waals surface area contributed by atoms with E-state index in [2.05, 4.69) is 55.0 Å². The third kappa shape index (κ3) is 6.32. The van der Waals surface area contributed by atoms with Crippen molar-refractivity contribution in [3.8, 4) is 0 Å². The minimum atomic E-state index is -0.0485. The maximum Gasteiger partial charge on any atom is 0.0632 e. The summed E-state index contributed by atoms with van der Waals surface area (Å²) >= 11 is 0. The number of hydrogen-bond donors (Lipinski definition) is 0. The Balaban J connectivity index is 4.13. The zero-order valence-corrected chi connectivity index (χ0v) is 12.3.